The van der Waals surface area contributed by atoms with E-state index in [9.17, 15) is 22.0 Å². The molecule has 0 saturated heterocycles. The molecule has 9 heteroatoms. The summed E-state index contributed by atoms with van der Waals surface area (Å²) in [5.41, 5.74) is 0.562. The minimum absolute atomic E-state index is 0.508. The predicted molar refractivity (Wildman–Crippen MR) is 76.4 cm³/mol. The number of carboxylic acid groups (broad SMARTS) is 1. The zero-order chi connectivity index (χ0) is 16.9. The molecule has 0 fully saturated rings. The van der Waals surface area contributed by atoms with Crippen molar-refractivity contribution >= 4 is 27.9 Å². The molecule has 0 spiro atoms. The lowest BCUT2D eigenvalue weighted by Crippen LogP contribution is -2.16. The molecule has 1 aromatic carbocycles. The van der Waals surface area contributed by atoms with Crippen molar-refractivity contribution in [3.05, 3.63) is 58.7 Å². The fourth-order valence-electron chi connectivity index (χ4n) is 1.41. The van der Waals surface area contributed by atoms with Gasteiger partial charge in [0.15, 0.2) is 0 Å². The van der Waals surface area contributed by atoms with E-state index in [1.54, 1.807) is 0 Å². The van der Waals surface area contributed by atoms with Crippen LogP contribution in [0.1, 0.15) is 10.4 Å². The fourth-order valence-corrected chi connectivity index (χ4v) is 2.36. The summed E-state index contributed by atoms with van der Waals surface area (Å²) in [6.07, 6.45) is 2.64. The van der Waals surface area contributed by atoms with Crippen LogP contribution in [0.15, 0.2) is 41.5 Å². The molecule has 0 amide bonds. The Balaban J connectivity index is 3.27. The van der Waals surface area contributed by atoms with Crippen LogP contribution in [0.4, 0.5) is 14.5 Å². The first-order valence-corrected chi connectivity index (χ1v) is 7.03. The Hall–Kier alpha value is -2.77. The van der Waals surface area contributed by atoms with E-state index >= 15 is 0 Å². The number of hydrogen-bond donors (Lipinski definition) is 3. The molecular weight excluding hydrogens is 318 g/mol. The maximum Gasteiger partial charge on any atom is 0.341 e. The zero-order valence-corrected chi connectivity index (χ0v) is 11.7. The molecule has 0 aromatic heterocycles. The van der Waals surface area contributed by atoms with Gasteiger partial charge in [0.2, 0.25) is 0 Å². The first-order chi connectivity index (χ1) is 10.2. The van der Waals surface area contributed by atoms with Gasteiger partial charge in [-0.25, -0.2) is 22.0 Å². The van der Waals surface area contributed by atoms with Gasteiger partial charge in [0, 0.05) is 6.21 Å². The van der Waals surface area contributed by atoms with Crippen LogP contribution < -0.4 is 4.72 Å². The third-order valence-electron chi connectivity index (χ3n) is 2.33. The number of carboxylic acids is 1. The first-order valence-electron chi connectivity index (χ1n) is 5.54. The first kappa shape index (κ1) is 17.3. The highest BCUT2D eigenvalue weighted by molar-refractivity contribution is 7.97. The van der Waals surface area contributed by atoms with Crippen molar-refractivity contribution in [3.8, 4) is 0 Å². The number of allylic oxidation sites excluding steroid dienone is 3. The molecule has 1 aromatic rings. The molecule has 0 radical (unpaired) electrons. The van der Waals surface area contributed by atoms with Gasteiger partial charge in [-0.2, -0.15) is 0 Å². The lowest BCUT2D eigenvalue weighted by molar-refractivity contribution is 0.0686. The Morgan fingerprint density at radius 3 is 2.32 bits per heavy atom. The molecule has 0 atom stereocenters. The second kappa shape index (κ2) is 6.79. The van der Waals surface area contributed by atoms with Crippen LogP contribution in [0.2, 0.25) is 0 Å². The van der Waals surface area contributed by atoms with Gasteiger partial charge in [-0.15, -0.1) is 5.73 Å². The van der Waals surface area contributed by atoms with Crippen LogP contribution in [-0.4, -0.2) is 25.7 Å². The molecule has 1 rings (SSSR count). The number of aromatic carboxylic acids is 1. The van der Waals surface area contributed by atoms with E-state index in [4.69, 9.17) is 10.5 Å². The van der Waals surface area contributed by atoms with Crippen LogP contribution in [0.3, 0.4) is 0 Å². The Morgan fingerprint density at radius 2 is 1.91 bits per heavy atom. The van der Waals surface area contributed by atoms with Crippen LogP contribution in [0.5, 0.6) is 0 Å². The molecule has 6 nitrogen and oxygen atoms in total. The molecule has 0 saturated carbocycles. The minimum atomic E-state index is -4.28. The second-order valence-electron chi connectivity index (χ2n) is 3.81. The Bertz CT molecular complexity index is 786. The maximum atomic E-state index is 13.5. The normalized spacial score (nSPS) is 11.5. The number of carbonyl (C=O) groups is 1. The smallest absolute Gasteiger partial charge is 0.341 e. The number of sulfonamides is 1. The standard InChI is InChI=1S/C13H10F2N2O4S/c1-2-3-4-9(7-16)22(20,21)17-8-5-10(14)12(13(18)19)11(15)6-8/h3-7,16-17H,1H2,(H,18,19)/b9-4+,16-7?. The van der Waals surface area contributed by atoms with Gasteiger partial charge in [0.05, 0.1) is 5.69 Å². The van der Waals surface area contributed by atoms with Gasteiger partial charge in [0.25, 0.3) is 10.0 Å². The molecule has 0 aliphatic rings. The summed E-state index contributed by atoms with van der Waals surface area (Å²) in [6, 6.07) is 1.05. The largest absolute Gasteiger partial charge is 0.477 e. The SMILES string of the molecule is C=C=C/C=C(\C=N)S(=O)(=O)Nc1cc(F)c(C(=O)O)c(F)c1. The number of rotatable bonds is 6. The van der Waals surface area contributed by atoms with Crippen molar-refractivity contribution in [1.29, 1.82) is 5.41 Å². The number of nitrogens with one attached hydrogen (secondary N) is 2. The minimum Gasteiger partial charge on any atom is -0.477 e. The van der Waals surface area contributed by atoms with Crippen molar-refractivity contribution in [2.24, 2.45) is 0 Å². The van der Waals surface area contributed by atoms with Gasteiger partial charge in [-0.05, 0) is 24.3 Å². The molecule has 0 unspecified atom stereocenters. The van der Waals surface area contributed by atoms with E-state index in [-0.39, 0.29) is 0 Å². The Morgan fingerprint density at radius 1 is 1.36 bits per heavy atom. The quantitative estimate of drug-likeness (QED) is 0.423. The van der Waals surface area contributed by atoms with Gasteiger partial charge >= 0.3 is 5.97 Å². The van der Waals surface area contributed by atoms with E-state index in [2.05, 4.69) is 12.3 Å². The summed E-state index contributed by atoms with van der Waals surface area (Å²) in [4.78, 5) is 10.1. The Kier molecular flexibility index (Phi) is 5.33. The molecule has 0 aliphatic heterocycles. The number of benzene rings is 1. The number of anilines is 1. The average Bonchev–Trinajstić information content (AvgIpc) is 2.37. The third-order valence-corrected chi connectivity index (χ3v) is 3.71. The van der Waals surface area contributed by atoms with Crippen LogP contribution in [0, 0.1) is 17.0 Å². The lowest BCUT2D eigenvalue weighted by atomic mass is 10.2. The fraction of sp³-hybridized carbons (Fsp3) is 0. The highest BCUT2D eigenvalue weighted by atomic mass is 32.2. The molecule has 22 heavy (non-hydrogen) atoms. The second-order valence-corrected chi connectivity index (χ2v) is 5.49. The summed E-state index contributed by atoms with van der Waals surface area (Å²) in [5.74, 6) is -4.69. The van der Waals surface area contributed by atoms with E-state index < -0.39 is 43.8 Å². The van der Waals surface area contributed by atoms with Gasteiger partial charge in [-0.1, -0.05) is 6.58 Å². The molecule has 3 N–H and O–H groups in total. The van der Waals surface area contributed by atoms with Crippen molar-refractivity contribution in [1.82, 2.24) is 0 Å². The van der Waals surface area contributed by atoms with E-state index in [0.29, 0.717) is 18.3 Å². The van der Waals surface area contributed by atoms with Crippen molar-refractivity contribution in [2.75, 3.05) is 4.72 Å². The molecule has 116 valence electrons. The number of halogens is 2. The van der Waals surface area contributed by atoms with E-state index in [0.717, 1.165) is 12.2 Å². The van der Waals surface area contributed by atoms with Crippen LogP contribution >= 0.6 is 0 Å². The van der Waals surface area contributed by atoms with E-state index in [1.165, 1.54) is 0 Å². The van der Waals surface area contributed by atoms with Crippen molar-refractivity contribution in [3.63, 3.8) is 0 Å². The highest BCUT2D eigenvalue weighted by Crippen LogP contribution is 2.21. The molecular formula is C13H10F2N2O4S. The highest BCUT2D eigenvalue weighted by Gasteiger charge is 2.21. The third kappa shape index (κ3) is 3.87. The summed E-state index contributed by atoms with van der Waals surface area (Å²) in [7, 11) is -4.28. The summed E-state index contributed by atoms with van der Waals surface area (Å²) in [6.45, 7) is 3.21. The van der Waals surface area contributed by atoms with Gasteiger partial charge in [0.1, 0.15) is 22.1 Å². The van der Waals surface area contributed by atoms with Crippen molar-refractivity contribution < 1.29 is 27.1 Å². The van der Waals surface area contributed by atoms with Crippen LogP contribution in [0.25, 0.3) is 0 Å². The average molecular weight is 328 g/mol. The summed E-state index contributed by atoms with van der Waals surface area (Å²) >= 11 is 0. The number of hydrogen-bond acceptors (Lipinski definition) is 4. The summed E-state index contributed by atoms with van der Waals surface area (Å²) in [5, 5.41) is 15.6. The van der Waals surface area contributed by atoms with Gasteiger partial charge < -0.3 is 10.5 Å². The predicted octanol–water partition coefficient (Wildman–Crippen LogP) is 2.28. The van der Waals surface area contributed by atoms with Crippen LogP contribution in [-0.2, 0) is 10.0 Å². The lowest BCUT2D eigenvalue weighted by Gasteiger charge is -2.09. The molecule has 0 aliphatic carbocycles. The van der Waals surface area contributed by atoms with Gasteiger partial charge in [-0.3, -0.25) is 4.72 Å². The monoisotopic (exact) mass is 328 g/mol. The van der Waals surface area contributed by atoms with Crippen molar-refractivity contribution in [2.45, 2.75) is 0 Å². The summed E-state index contributed by atoms with van der Waals surface area (Å²) < 4.78 is 52.6. The molecule has 0 heterocycles. The topological polar surface area (TPSA) is 107 Å². The Labute approximate surface area is 124 Å². The zero-order valence-electron chi connectivity index (χ0n) is 10.9. The van der Waals surface area contributed by atoms with E-state index in [1.807, 2.05) is 4.72 Å². The molecule has 0 bridgehead atoms. The maximum absolute atomic E-state index is 13.5.